The fourth-order valence-corrected chi connectivity index (χ4v) is 8.35. The van der Waals surface area contributed by atoms with E-state index in [1.807, 2.05) is 0 Å². The van der Waals surface area contributed by atoms with Gasteiger partial charge in [-0.1, -0.05) is 5.16 Å². The second-order valence-corrected chi connectivity index (χ2v) is 15.6. The van der Waals surface area contributed by atoms with E-state index in [-0.39, 0.29) is 45.1 Å². The van der Waals surface area contributed by atoms with Crippen LogP contribution in [-0.4, -0.2) is 128 Å². The van der Waals surface area contributed by atoms with E-state index in [9.17, 15) is 49.2 Å². The molecule has 5 heterocycles. The summed E-state index contributed by atoms with van der Waals surface area (Å²) in [5.41, 5.74) is 11.7. The Morgan fingerprint density at radius 1 is 1.16 bits per heavy atom. The molecule has 1 aromatic carbocycles. The number of carbonyl (C=O) groups excluding carboxylic acids is 5. The van der Waals surface area contributed by atoms with Crippen molar-refractivity contribution >= 4 is 86.9 Å². The number of nitrogens with two attached hydrogens (primary N) is 1. The Kier molecular flexibility index (Phi) is 11.8. The molecule has 12 N–H and O–H groups in total. The van der Waals surface area contributed by atoms with Crippen molar-refractivity contribution in [1.29, 1.82) is 0 Å². The number of carboxylic acid groups (broad SMARTS) is 1. The molecule has 0 radical (unpaired) electrons. The lowest BCUT2D eigenvalue weighted by atomic mass is 10.0. The number of fused-ring (bicyclic) bond motifs is 2. The molecule has 1 aromatic heterocycles. The molecular formula is C31H32N12O12S3. The lowest BCUT2D eigenvalue weighted by Gasteiger charge is -2.49. The Balaban J connectivity index is 1.13. The highest BCUT2D eigenvalue weighted by molar-refractivity contribution is 8.03. The smallest absolute Gasteiger partial charge is 0.352 e. The summed E-state index contributed by atoms with van der Waals surface area (Å²) in [4.78, 5) is 92.0. The molecule has 0 spiro atoms. The van der Waals surface area contributed by atoms with Crippen molar-refractivity contribution < 1.29 is 59.2 Å². The summed E-state index contributed by atoms with van der Waals surface area (Å²) in [7, 11) is 0. The molecule has 1 saturated heterocycles. The number of aliphatic carboxylic acids is 1. The third kappa shape index (κ3) is 8.33. The summed E-state index contributed by atoms with van der Waals surface area (Å²) in [5.74, 6) is -6.53. The number of aromatic hydroxyl groups is 2. The van der Waals surface area contributed by atoms with Crippen LogP contribution in [0, 0.1) is 0 Å². The Labute approximate surface area is 338 Å². The zero-order valence-corrected chi connectivity index (χ0v) is 32.3. The number of phenols is 2. The number of β-lactam (4-membered cyclic amide) rings is 1. The van der Waals surface area contributed by atoms with Gasteiger partial charge in [-0.3, -0.25) is 49.9 Å². The largest absolute Gasteiger partial charge is 0.504 e. The third-order valence-electron chi connectivity index (χ3n) is 8.28. The van der Waals surface area contributed by atoms with Gasteiger partial charge in [0, 0.05) is 28.5 Å². The number of phenolic OH excluding ortho intramolecular Hbond substituents is 2. The lowest BCUT2D eigenvalue weighted by molar-refractivity contribution is -0.150. The number of amides is 5. The Morgan fingerprint density at radius 2 is 1.91 bits per heavy atom. The highest BCUT2D eigenvalue weighted by atomic mass is 32.2. The molecular weight excluding hydrogens is 829 g/mol. The number of thiazole rings is 1. The lowest BCUT2D eigenvalue weighted by Crippen LogP contribution is -2.71. The molecule has 0 bridgehead atoms. The molecule has 4 aliphatic heterocycles. The van der Waals surface area contributed by atoms with Crippen LogP contribution >= 0.6 is 34.9 Å². The van der Waals surface area contributed by atoms with E-state index in [1.165, 1.54) is 64.8 Å². The van der Waals surface area contributed by atoms with Crippen molar-refractivity contribution in [1.82, 2.24) is 47.1 Å². The summed E-state index contributed by atoms with van der Waals surface area (Å²) in [6.45, 7) is 2.07. The van der Waals surface area contributed by atoms with Gasteiger partial charge in [0.05, 0.1) is 11.2 Å². The fraction of sp³-hybridized carbons (Fsp3) is 0.258. The zero-order valence-electron chi connectivity index (χ0n) is 29.8. The standard InChI is InChI=1S/C31H32N12O12S3/c1-31(2,29(53)37-36-23(47)12-3-4-16(45)17(46)5-12)55-39-20(15-10-58-30(32)34-15)25(49)35-21-26(50)42-22(28(51)52)13(9-57-27(21)42)8-56-19-6-14(24(48)38-54)33-18-7-41(11-44)40-43(18)19/h3-7,10,21,27,40,44-46,54H,8-9,11H2,1-2H3,(H2,32,34)(H,35,49)(H,36,47)(H,37,53)(H,38,48)(H,51,52)/t21-,27-/m1/s1. The molecule has 27 heteroatoms. The predicted octanol–water partition coefficient (Wildman–Crippen LogP) is -1.84. The van der Waals surface area contributed by atoms with E-state index in [0.29, 0.717) is 10.6 Å². The first-order valence-corrected chi connectivity index (χ1v) is 19.3. The first kappa shape index (κ1) is 41.2. The maximum absolute atomic E-state index is 13.7. The summed E-state index contributed by atoms with van der Waals surface area (Å²) in [6.07, 6.45) is 2.73. The number of aliphatic hydroxyl groups is 1. The number of nitrogens with one attached hydrogen (secondary N) is 5. The highest BCUT2D eigenvalue weighted by Crippen LogP contribution is 2.42. The van der Waals surface area contributed by atoms with Crippen molar-refractivity contribution in [2.24, 2.45) is 10.1 Å². The van der Waals surface area contributed by atoms with Gasteiger partial charge in [-0.25, -0.2) is 25.3 Å². The maximum Gasteiger partial charge on any atom is 0.352 e. The zero-order chi connectivity index (χ0) is 42.1. The van der Waals surface area contributed by atoms with Crippen LogP contribution in [0.4, 0.5) is 5.13 Å². The SMILES string of the molecule is CC(C)(ON=C(C(=O)N[C@@H]1C(=O)N2C(C(=O)O)=C(CSC3=CC(C(=O)NO)=NC4=CN(CO)NN43)CS[C@H]12)c1csc(N)n1)C(=O)NNC(=O)c1ccc(O)c(O)c1. The Hall–Kier alpha value is -6.39. The molecule has 1 fully saturated rings. The summed E-state index contributed by atoms with van der Waals surface area (Å²) >= 11 is 3.21. The number of hydrogen-bond donors (Lipinski definition) is 11. The van der Waals surface area contributed by atoms with Crippen LogP contribution in [0.3, 0.4) is 0 Å². The second-order valence-electron chi connectivity index (χ2n) is 12.6. The van der Waals surface area contributed by atoms with E-state index in [4.69, 9.17) is 15.8 Å². The molecule has 58 heavy (non-hydrogen) atoms. The number of benzene rings is 1. The van der Waals surface area contributed by atoms with Crippen LogP contribution in [-0.2, 0) is 28.8 Å². The highest BCUT2D eigenvalue weighted by Gasteiger charge is 2.54. The number of aromatic nitrogens is 1. The first-order chi connectivity index (χ1) is 27.5. The van der Waals surface area contributed by atoms with Gasteiger partial charge in [0.2, 0.25) is 5.60 Å². The monoisotopic (exact) mass is 860 g/mol. The van der Waals surface area contributed by atoms with Gasteiger partial charge in [-0.15, -0.1) is 40.4 Å². The number of nitrogen functional groups attached to an aromatic ring is 1. The van der Waals surface area contributed by atoms with Crippen LogP contribution in [0.5, 0.6) is 11.5 Å². The van der Waals surface area contributed by atoms with Gasteiger partial charge in [0.25, 0.3) is 29.5 Å². The van der Waals surface area contributed by atoms with Crippen LogP contribution in [0.25, 0.3) is 0 Å². The van der Waals surface area contributed by atoms with E-state index < -0.39 is 76.5 Å². The normalized spacial score (nSPS) is 18.9. The number of hydroxylamine groups is 1. The average Bonchev–Trinajstić information content (AvgIpc) is 3.83. The minimum absolute atomic E-state index is 0.0133. The number of thioether (sulfide) groups is 2. The molecule has 0 aliphatic carbocycles. The number of anilines is 1. The number of aliphatic imine (C=N–C) groups is 1. The minimum atomic E-state index is -1.84. The maximum atomic E-state index is 13.7. The summed E-state index contributed by atoms with van der Waals surface area (Å²) in [6, 6.07) is 2.01. The number of carbonyl (C=O) groups is 6. The molecule has 6 rings (SSSR count). The summed E-state index contributed by atoms with van der Waals surface area (Å²) < 4.78 is 0. The topological polar surface area (TPSA) is 346 Å². The fourth-order valence-electron chi connectivity index (χ4n) is 5.30. The van der Waals surface area contributed by atoms with Gasteiger partial charge in [-0.2, -0.15) is 0 Å². The summed E-state index contributed by atoms with van der Waals surface area (Å²) in [5, 5.41) is 58.0. The quantitative estimate of drug-likeness (QED) is 0.0346. The van der Waals surface area contributed by atoms with Crippen LogP contribution in [0.15, 0.2) is 68.1 Å². The Bertz CT molecular complexity index is 2260. The van der Waals surface area contributed by atoms with Gasteiger partial charge < -0.3 is 36.3 Å². The van der Waals surface area contributed by atoms with Gasteiger partial charge in [0.15, 0.2) is 28.2 Å². The van der Waals surface area contributed by atoms with Crippen LogP contribution in [0.2, 0.25) is 0 Å². The molecule has 306 valence electrons. The Morgan fingerprint density at radius 3 is 2.57 bits per heavy atom. The number of hydrogen-bond acceptors (Lipinski definition) is 21. The van der Waals surface area contributed by atoms with Gasteiger partial charge in [-0.05, 0) is 37.6 Å². The first-order valence-electron chi connectivity index (χ1n) is 16.4. The third-order valence-corrected chi connectivity index (χ3v) is 11.4. The second kappa shape index (κ2) is 16.6. The molecule has 2 aromatic rings. The van der Waals surface area contributed by atoms with E-state index in [0.717, 1.165) is 40.1 Å². The molecule has 0 saturated carbocycles. The molecule has 5 amide bonds. The number of aliphatic hydroxyl groups excluding tert-OH is 1. The number of nitrogens with zero attached hydrogens (tertiary/aromatic N) is 6. The molecule has 2 atom stereocenters. The van der Waals surface area contributed by atoms with Crippen molar-refractivity contribution in [2.75, 3.05) is 24.0 Å². The van der Waals surface area contributed by atoms with E-state index in [2.05, 4.69) is 36.8 Å². The number of oxime groups is 1. The predicted molar refractivity (Wildman–Crippen MR) is 203 cm³/mol. The minimum Gasteiger partial charge on any atom is -0.504 e. The van der Waals surface area contributed by atoms with Crippen LogP contribution < -0.4 is 32.9 Å². The number of carboxylic acids is 1. The average molecular weight is 861 g/mol. The van der Waals surface area contributed by atoms with Crippen molar-refractivity contribution in [3.8, 4) is 11.5 Å². The van der Waals surface area contributed by atoms with E-state index in [1.54, 1.807) is 0 Å². The van der Waals surface area contributed by atoms with Crippen molar-refractivity contribution in [3.05, 3.63) is 69.2 Å². The number of hydrazine groups is 3. The van der Waals surface area contributed by atoms with Crippen LogP contribution in [0.1, 0.15) is 29.9 Å². The number of rotatable bonds is 13. The molecule has 0 unspecified atom stereocenters. The van der Waals surface area contributed by atoms with Gasteiger partial charge in [0.1, 0.15) is 35.2 Å². The van der Waals surface area contributed by atoms with Crippen molar-refractivity contribution in [3.63, 3.8) is 0 Å². The van der Waals surface area contributed by atoms with Crippen molar-refractivity contribution in [2.45, 2.75) is 30.9 Å². The van der Waals surface area contributed by atoms with E-state index >= 15 is 0 Å². The van der Waals surface area contributed by atoms with Gasteiger partial charge >= 0.3 is 5.97 Å². The molecule has 24 nitrogen and oxygen atoms in total. The molecule has 4 aliphatic rings.